The van der Waals surface area contributed by atoms with E-state index in [2.05, 4.69) is 4.74 Å². The summed E-state index contributed by atoms with van der Waals surface area (Å²) in [4.78, 5) is 31.8. The van der Waals surface area contributed by atoms with Crippen LogP contribution in [0.5, 0.6) is 0 Å². The van der Waals surface area contributed by atoms with Crippen molar-refractivity contribution in [3.05, 3.63) is 11.8 Å². The molecule has 0 rings (SSSR count). The summed E-state index contributed by atoms with van der Waals surface area (Å²) in [5, 5.41) is 8.30. The van der Waals surface area contributed by atoms with Crippen molar-refractivity contribution in [2.75, 3.05) is 6.61 Å². The Morgan fingerprint density at radius 3 is 2.23 bits per heavy atom. The fourth-order valence-electron chi connectivity index (χ4n) is 0.578. The quantitative estimate of drug-likeness (QED) is 0.217. The molecule has 5 nitrogen and oxygen atoms in total. The molecule has 0 aliphatic rings. The van der Waals surface area contributed by atoms with Crippen LogP contribution in [-0.4, -0.2) is 29.2 Å². The van der Waals surface area contributed by atoms with Gasteiger partial charge in [0.15, 0.2) is 5.78 Å². The number of carboxylic acid groups (broad SMARTS) is 1. The summed E-state index contributed by atoms with van der Waals surface area (Å²) >= 11 is 0. The Bertz CT molecular complexity index is 264. The van der Waals surface area contributed by atoms with Gasteiger partial charge in [0, 0.05) is 0 Å². The van der Waals surface area contributed by atoms with Crippen molar-refractivity contribution < 1.29 is 24.2 Å². The number of rotatable bonds is 5. The van der Waals surface area contributed by atoms with Crippen LogP contribution >= 0.6 is 0 Å². The molecule has 13 heavy (non-hydrogen) atoms. The first kappa shape index (κ1) is 11.4. The topological polar surface area (TPSA) is 80.7 Å². The molecule has 0 atom stereocenters. The van der Waals surface area contributed by atoms with E-state index in [4.69, 9.17) is 5.11 Å². The second-order valence-corrected chi connectivity index (χ2v) is 2.18. The first-order valence-electron chi connectivity index (χ1n) is 3.61. The van der Waals surface area contributed by atoms with E-state index in [9.17, 15) is 14.4 Å². The van der Waals surface area contributed by atoms with Crippen molar-refractivity contribution in [3.8, 4) is 0 Å². The monoisotopic (exact) mass is 186 g/mol. The predicted octanol–water partition coefficient (Wildman–Crippen LogP) is 0.149. The number of ketones is 2. The van der Waals surface area contributed by atoms with Gasteiger partial charge in [-0.15, -0.1) is 0 Å². The van der Waals surface area contributed by atoms with Gasteiger partial charge in [-0.3, -0.25) is 9.59 Å². The summed E-state index contributed by atoms with van der Waals surface area (Å²) in [5.74, 6) is -3.54. The van der Waals surface area contributed by atoms with E-state index in [1.54, 1.807) is 6.92 Å². The second kappa shape index (κ2) is 5.08. The normalized spacial score (nSPS) is 10.8. The fraction of sp³-hybridized carbons (Fsp3) is 0.375. The standard InChI is InChI=1S/C8H10O5/c1-3-13-4-6(5(2)9)7(10)8(11)12/h4H,3H2,1-2H3,(H,11,12). The largest absolute Gasteiger partial charge is 0.501 e. The van der Waals surface area contributed by atoms with Gasteiger partial charge in [-0.1, -0.05) is 0 Å². The first-order valence-corrected chi connectivity index (χ1v) is 3.61. The highest BCUT2D eigenvalue weighted by Crippen LogP contribution is 1.99. The third-order valence-corrected chi connectivity index (χ3v) is 1.19. The highest BCUT2D eigenvalue weighted by molar-refractivity contribution is 6.46. The Hall–Kier alpha value is -1.65. The number of carbonyl (C=O) groups is 3. The van der Waals surface area contributed by atoms with Gasteiger partial charge in [0.05, 0.1) is 12.9 Å². The molecule has 0 unspecified atom stereocenters. The van der Waals surface area contributed by atoms with Crippen LogP contribution in [0.1, 0.15) is 13.8 Å². The molecule has 1 N–H and O–H groups in total. The lowest BCUT2D eigenvalue weighted by Gasteiger charge is -1.98. The van der Waals surface area contributed by atoms with Crippen LogP contribution in [0.3, 0.4) is 0 Å². The summed E-state index contributed by atoms with van der Waals surface area (Å²) in [6.45, 7) is 3.02. The highest BCUT2D eigenvalue weighted by Gasteiger charge is 2.21. The number of hydrogen-bond acceptors (Lipinski definition) is 4. The highest BCUT2D eigenvalue weighted by atomic mass is 16.5. The van der Waals surface area contributed by atoms with Crippen molar-refractivity contribution in [2.45, 2.75) is 13.8 Å². The minimum atomic E-state index is -1.67. The molecule has 0 aliphatic carbocycles. The Labute approximate surface area is 75.0 Å². The molecule has 72 valence electrons. The smallest absolute Gasteiger partial charge is 0.377 e. The average Bonchev–Trinajstić information content (AvgIpc) is 2.04. The van der Waals surface area contributed by atoms with Crippen LogP contribution < -0.4 is 0 Å². The molecule has 0 fully saturated rings. The summed E-state index contributed by atoms with van der Waals surface area (Å²) in [7, 11) is 0. The average molecular weight is 186 g/mol. The molecular weight excluding hydrogens is 176 g/mol. The van der Waals surface area contributed by atoms with Gasteiger partial charge in [-0.2, -0.15) is 0 Å². The summed E-state index contributed by atoms with van der Waals surface area (Å²) in [5.41, 5.74) is -0.450. The maximum absolute atomic E-state index is 10.8. The van der Waals surface area contributed by atoms with E-state index in [1.165, 1.54) is 0 Å². The maximum Gasteiger partial charge on any atom is 0.377 e. The zero-order chi connectivity index (χ0) is 10.4. The lowest BCUT2D eigenvalue weighted by Crippen LogP contribution is -2.19. The first-order chi connectivity index (χ1) is 6.00. The summed E-state index contributed by atoms with van der Waals surface area (Å²) < 4.78 is 4.66. The van der Waals surface area contributed by atoms with Gasteiger partial charge in [0.25, 0.3) is 5.78 Å². The van der Waals surface area contributed by atoms with Crippen LogP contribution in [0.25, 0.3) is 0 Å². The molecule has 0 aromatic carbocycles. The van der Waals surface area contributed by atoms with Gasteiger partial charge in [0.2, 0.25) is 0 Å². The molecule has 0 aromatic heterocycles. The Kier molecular flexibility index (Phi) is 4.43. The van der Waals surface area contributed by atoms with E-state index in [1.807, 2.05) is 0 Å². The van der Waals surface area contributed by atoms with Crippen LogP contribution in [0.2, 0.25) is 0 Å². The number of carboxylic acids is 1. The molecule has 0 bridgehead atoms. The third kappa shape index (κ3) is 3.50. The molecule has 0 aliphatic heterocycles. The minimum absolute atomic E-state index is 0.268. The third-order valence-electron chi connectivity index (χ3n) is 1.19. The molecular formula is C8H10O5. The SMILES string of the molecule is CCOC=C(C(C)=O)C(=O)C(=O)O. The minimum Gasteiger partial charge on any atom is -0.501 e. The number of ether oxygens (including phenoxy) is 1. The molecule has 0 heterocycles. The molecule has 0 amide bonds. The van der Waals surface area contributed by atoms with E-state index >= 15 is 0 Å². The van der Waals surface area contributed by atoms with Gasteiger partial charge in [-0.25, -0.2) is 4.79 Å². The molecule has 0 aromatic rings. The predicted molar refractivity (Wildman–Crippen MR) is 43.0 cm³/mol. The maximum atomic E-state index is 10.8. The van der Waals surface area contributed by atoms with Crippen LogP contribution in [0.15, 0.2) is 11.8 Å². The second-order valence-electron chi connectivity index (χ2n) is 2.18. The molecule has 0 saturated heterocycles. The fourth-order valence-corrected chi connectivity index (χ4v) is 0.578. The lowest BCUT2D eigenvalue weighted by molar-refractivity contribution is -0.147. The van der Waals surface area contributed by atoms with Gasteiger partial charge in [-0.05, 0) is 13.8 Å². The van der Waals surface area contributed by atoms with Gasteiger partial charge >= 0.3 is 5.97 Å². The number of aliphatic carboxylic acids is 1. The van der Waals surface area contributed by atoms with Crippen LogP contribution in [-0.2, 0) is 19.1 Å². The van der Waals surface area contributed by atoms with Gasteiger partial charge < -0.3 is 9.84 Å². The molecule has 5 heteroatoms. The summed E-state index contributed by atoms with van der Waals surface area (Å²) in [6, 6.07) is 0. The van der Waals surface area contributed by atoms with E-state index in [0.717, 1.165) is 13.2 Å². The zero-order valence-electron chi connectivity index (χ0n) is 7.36. The molecule has 0 spiro atoms. The Balaban J connectivity index is 4.71. The zero-order valence-corrected chi connectivity index (χ0v) is 7.36. The van der Waals surface area contributed by atoms with Crippen molar-refractivity contribution >= 4 is 17.5 Å². The van der Waals surface area contributed by atoms with Crippen molar-refractivity contribution in [3.63, 3.8) is 0 Å². The van der Waals surface area contributed by atoms with E-state index in [0.29, 0.717) is 0 Å². The van der Waals surface area contributed by atoms with Gasteiger partial charge in [0.1, 0.15) is 5.57 Å². The van der Waals surface area contributed by atoms with Crippen molar-refractivity contribution in [1.29, 1.82) is 0 Å². The Morgan fingerprint density at radius 2 is 1.92 bits per heavy atom. The van der Waals surface area contributed by atoms with Crippen LogP contribution in [0.4, 0.5) is 0 Å². The lowest BCUT2D eigenvalue weighted by atomic mass is 10.1. The number of Topliss-reactive ketones (excluding diaryl/α,β-unsaturated/α-hetero) is 2. The van der Waals surface area contributed by atoms with Crippen molar-refractivity contribution in [2.24, 2.45) is 0 Å². The number of carbonyl (C=O) groups excluding carboxylic acids is 2. The van der Waals surface area contributed by atoms with Crippen LogP contribution in [0, 0.1) is 0 Å². The van der Waals surface area contributed by atoms with Crippen molar-refractivity contribution in [1.82, 2.24) is 0 Å². The summed E-state index contributed by atoms with van der Waals surface area (Å²) in [6.07, 6.45) is 0.874. The van der Waals surface area contributed by atoms with E-state index < -0.39 is 23.1 Å². The molecule has 0 radical (unpaired) electrons. The van der Waals surface area contributed by atoms with E-state index in [-0.39, 0.29) is 6.61 Å². The number of hydrogen-bond donors (Lipinski definition) is 1. The Morgan fingerprint density at radius 1 is 1.38 bits per heavy atom. The molecule has 0 saturated carbocycles.